The lowest BCUT2D eigenvalue weighted by molar-refractivity contribution is 0.872. The van der Waals surface area contributed by atoms with Crippen LogP contribution in [0.5, 0.6) is 0 Å². The van der Waals surface area contributed by atoms with Crippen LogP contribution >= 0.6 is 23.2 Å². The first kappa shape index (κ1) is 10.1. The monoisotopic (exact) mass is 253 g/mol. The van der Waals surface area contributed by atoms with Gasteiger partial charge >= 0.3 is 0 Å². The molecule has 0 atom stereocenters. The van der Waals surface area contributed by atoms with Gasteiger partial charge in [-0.05, 0) is 42.6 Å². The molecule has 0 spiro atoms. The van der Waals surface area contributed by atoms with Gasteiger partial charge in [0.1, 0.15) is 5.82 Å². The summed E-state index contributed by atoms with van der Waals surface area (Å²) >= 11 is 12.0. The summed E-state index contributed by atoms with van der Waals surface area (Å²) in [4.78, 5) is 0. The number of hydrogen-bond donors (Lipinski definition) is 0. The van der Waals surface area contributed by atoms with Gasteiger partial charge in [-0.25, -0.2) is 0 Å². The minimum Gasteiger partial charge on any atom is -0.269 e. The first-order chi connectivity index (χ1) is 7.75. The maximum absolute atomic E-state index is 6.05. The molecular weight excluding hydrogens is 245 g/mol. The molecule has 1 saturated carbocycles. The van der Waals surface area contributed by atoms with Crippen molar-refractivity contribution in [3.8, 4) is 5.69 Å². The van der Waals surface area contributed by atoms with Gasteiger partial charge in [-0.15, -0.1) is 10.2 Å². The molecule has 5 heteroatoms. The van der Waals surface area contributed by atoms with E-state index in [2.05, 4.69) is 10.2 Å². The molecule has 3 nitrogen and oxygen atoms in total. The Labute approximate surface area is 103 Å². The molecule has 0 saturated heterocycles. The minimum atomic E-state index is 0.393. The summed E-state index contributed by atoms with van der Waals surface area (Å²) in [5, 5.41) is 9.12. The van der Waals surface area contributed by atoms with Gasteiger partial charge in [0.15, 0.2) is 0 Å². The standard InChI is InChI=1S/C11H9Cl2N3/c12-8-2-1-3-9(6-8)16-10(7-4-5-7)14-15-11(16)13/h1-3,6-7H,4-5H2. The maximum atomic E-state index is 6.05. The van der Waals surface area contributed by atoms with Crippen LogP contribution in [0.1, 0.15) is 24.6 Å². The molecule has 0 N–H and O–H groups in total. The highest BCUT2D eigenvalue weighted by atomic mass is 35.5. The molecule has 0 unspecified atom stereocenters. The fraction of sp³-hybridized carbons (Fsp3) is 0.273. The Balaban J connectivity index is 2.14. The molecule has 1 aromatic heterocycles. The van der Waals surface area contributed by atoms with Gasteiger partial charge < -0.3 is 0 Å². The van der Waals surface area contributed by atoms with Crippen LogP contribution in [0.4, 0.5) is 0 Å². The Morgan fingerprint density at radius 2 is 2.00 bits per heavy atom. The van der Waals surface area contributed by atoms with Crippen molar-refractivity contribution in [2.45, 2.75) is 18.8 Å². The van der Waals surface area contributed by atoms with Crippen molar-refractivity contribution < 1.29 is 0 Å². The Morgan fingerprint density at radius 1 is 1.19 bits per heavy atom. The van der Waals surface area contributed by atoms with E-state index in [9.17, 15) is 0 Å². The van der Waals surface area contributed by atoms with Gasteiger partial charge in [-0.2, -0.15) is 0 Å². The fourth-order valence-corrected chi connectivity index (χ4v) is 2.14. The summed E-state index contributed by atoms with van der Waals surface area (Å²) in [7, 11) is 0. The fourth-order valence-electron chi connectivity index (χ4n) is 1.74. The molecule has 0 amide bonds. The Morgan fingerprint density at radius 3 is 2.69 bits per heavy atom. The van der Waals surface area contributed by atoms with Crippen molar-refractivity contribution in [1.29, 1.82) is 0 Å². The number of benzene rings is 1. The van der Waals surface area contributed by atoms with E-state index in [1.54, 1.807) is 0 Å². The number of aromatic nitrogens is 3. The van der Waals surface area contributed by atoms with Crippen molar-refractivity contribution >= 4 is 23.2 Å². The zero-order valence-electron chi connectivity index (χ0n) is 8.40. The third kappa shape index (κ3) is 1.70. The van der Waals surface area contributed by atoms with Gasteiger partial charge in [0, 0.05) is 10.9 Å². The molecule has 16 heavy (non-hydrogen) atoms. The smallest absolute Gasteiger partial charge is 0.229 e. The third-order valence-corrected chi connectivity index (χ3v) is 3.14. The second kappa shape index (κ2) is 3.75. The summed E-state index contributed by atoms with van der Waals surface area (Å²) in [6, 6.07) is 7.54. The highest BCUT2D eigenvalue weighted by Gasteiger charge is 2.30. The zero-order valence-corrected chi connectivity index (χ0v) is 9.91. The van der Waals surface area contributed by atoms with Crippen molar-refractivity contribution in [3.05, 3.63) is 40.4 Å². The molecule has 82 valence electrons. The van der Waals surface area contributed by atoms with Crippen molar-refractivity contribution in [3.63, 3.8) is 0 Å². The van der Waals surface area contributed by atoms with Crippen LogP contribution in [0.3, 0.4) is 0 Å². The Bertz CT molecular complexity index is 532. The second-order valence-corrected chi connectivity index (χ2v) is 4.69. The number of rotatable bonds is 2. The van der Waals surface area contributed by atoms with Crippen LogP contribution in [-0.4, -0.2) is 14.8 Å². The molecule has 1 fully saturated rings. The lowest BCUT2D eigenvalue weighted by atomic mass is 10.3. The summed E-state index contributed by atoms with van der Waals surface area (Å²) < 4.78 is 1.87. The van der Waals surface area contributed by atoms with E-state index in [-0.39, 0.29) is 0 Å². The summed E-state index contributed by atoms with van der Waals surface area (Å²) in [5.41, 5.74) is 0.921. The zero-order chi connectivity index (χ0) is 11.1. The Kier molecular flexibility index (Phi) is 2.37. The molecule has 1 aliphatic carbocycles. The predicted molar refractivity (Wildman–Crippen MR) is 63.4 cm³/mol. The number of nitrogens with zero attached hydrogens (tertiary/aromatic N) is 3. The van der Waals surface area contributed by atoms with Gasteiger partial charge in [-0.3, -0.25) is 4.57 Å². The van der Waals surface area contributed by atoms with E-state index in [1.165, 1.54) is 0 Å². The van der Waals surface area contributed by atoms with E-state index >= 15 is 0 Å². The molecule has 1 aliphatic rings. The van der Waals surface area contributed by atoms with E-state index in [0.29, 0.717) is 16.2 Å². The van der Waals surface area contributed by atoms with Crippen LogP contribution in [0.2, 0.25) is 10.3 Å². The van der Waals surface area contributed by atoms with E-state index in [4.69, 9.17) is 23.2 Å². The van der Waals surface area contributed by atoms with Gasteiger partial charge in [-0.1, -0.05) is 17.7 Å². The average Bonchev–Trinajstić information content (AvgIpc) is 3.02. The normalized spacial score (nSPS) is 15.4. The summed E-state index contributed by atoms with van der Waals surface area (Å²) in [6.07, 6.45) is 2.32. The lowest BCUT2D eigenvalue weighted by Crippen LogP contribution is -1.99. The van der Waals surface area contributed by atoms with E-state index < -0.39 is 0 Å². The van der Waals surface area contributed by atoms with E-state index in [0.717, 1.165) is 24.4 Å². The van der Waals surface area contributed by atoms with Gasteiger partial charge in [0.05, 0.1) is 5.69 Å². The largest absolute Gasteiger partial charge is 0.269 e. The molecular formula is C11H9Cl2N3. The van der Waals surface area contributed by atoms with Crippen molar-refractivity contribution in [1.82, 2.24) is 14.8 Å². The number of halogens is 2. The van der Waals surface area contributed by atoms with Gasteiger partial charge in [0.2, 0.25) is 5.28 Å². The van der Waals surface area contributed by atoms with Crippen LogP contribution in [0.25, 0.3) is 5.69 Å². The topological polar surface area (TPSA) is 30.7 Å². The maximum Gasteiger partial charge on any atom is 0.229 e. The van der Waals surface area contributed by atoms with Gasteiger partial charge in [0.25, 0.3) is 0 Å². The molecule has 3 rings (SSSR count). The minimum absolute atomic E-state index is 0.393. The van der Waals surface area contributed by atoms with Crippen LogP contribution < -0.4 is 0 Å². The van der Waals surface area contributed by atoms with Crippen LogP contribution in [0, 0.1) is 0 Å². The molecule has 0 radical (unpaired) electrons. The third-order valence-electron chi connectivity index (χ3n) is 2.66. The van der Waals surface area contributed by atoms with Crippen molar-refractivity contribution in [2.75, 3.05) is 0 Å². The average molecular weight is 254 g/mol. The summed E-state index contributed by atoms with van der Waals surface area (Å²) in [5.74, 6) is 1.44. The molecule has 1 heterocycles. The predicted octanol–water partition coefficient (Wildman–Crippen LogP) is 3.45. The molecule has 0 aliphatic heterocycles. The lowest BCUT2D eigenvalue weighted by Gasteiger charge is -2.06. The quantitative estimate of drug-likeness (QED) is 0.821. The molecule has 2 aromatic rings. The van der Waals surface area contributed by atoms with Crippen LogP contribution in [-0.2, 0) is 0 Å². The Hall–Kier alpha value is -1.06. The first-order valence-corrected chi connectivity index (χ1v) is 5.88. The summed E-state index contributed by atoms with van der Waals surface area (Å²) in [6.45, 7) is 0. The van der Waals surface area contributed by atoms with E-state index in [1.807, 2.05) is 28.8 Å². The first-order valence-electron chi connectivity index (χ1n) is 5.12. The number of hydrogen-bond acceptors (Lipinski definition) is 2. The van der Waals surface area contributed by atoms with Crippen molar-refractivity contribution in [2.24, 2.45) is 0 Å². The second-order valence-electron chi connectivity index (χ2n) is 3.92. The highest BCUT2D eigenvalue weighted by Crippen LogP contribution is 2.40. The van der Waals surface area contributed by atoms with Crippen LogP contribution in [0.15, 0.2) is 24.3 Å². The molecule has 1 aromatic carbocycles. The highest BCUT2D eigenvalue weighted by molar-refractivity contribution is 6.31. The SMILES string of the molecule is Clc1cccc(-n2c(Cl)nnc2C2CC2)c1. The molecule has 0 bridgehead atoms.